The summed E-state index contributed by atoms with van der Waals surface area (Å²) in [7, 11) is 0. The van der Waals surface area contributed by atoms with Crippen LogP contribution in [0, 0.1) is 0 Å². The summed E-state index contributed by atoms with van der Waals surface area (Å²) < 4.78 is 5.10. The van der Waals surface area contributed by atoms with Gasteiger partial charge in [-0.25, -0.2) is 4.79 Å². The summed E-state index contributed by atoms with van der Waals surface area (Å²) in [5.74, 6) is -0.816. The third-order valence-electron chi connectivity index (χ3n) is 3.02. The Bertz CT molecular complexity index is 613. The van der Waals surface area contributed by atoms with Crippen LogP contribution in [-0.4, -0.2) is 36.2 Å². The first-order valence-electron chi connectivity index (χ1n) is 6.89. The van der Waals surface area contributed by atoms with Crippen molar-refractivity contribution in [2.75, 3.05) is 13.2 Å². The van der Waals surface area contributed by atoms with Gasteiger partial charge in [-0.1, -0.05) is 36.4 Å². The Balaban J connectivity index is 1.87. The molecule has 0 spiro atoms. The molecule has 1 atom stereocenters. The molecular weight excluding hydrogens is 282 g/mol. The van der Waals surface area contributed by atoms with Crippen LogP contribution in [0.1, 0.15) is 20.7 Å². The van der Waals surface area contributed by atoms with Crippen LogP contribution in [0.25, 0.3) is 0 Å². The molecule has 0 saturated carbocycles. The standard InChI is InChI=1S/C17H17NO4/c19-11-15(18-16(20)13-7-3-1-4-8-13)12-22-17(21)14-9-5-2-6-10-14/h1-10,15,19H,11-12H2,(H,18,20)/t15-/m1/s1. The van der Waals surface area contributed by atoms with Crippen molar-refractivity contribution < 1.29 is 19.4 Å². The van der Waals surface area contributed by atoms with E-state index in [-0.39, 0.29) is 19.1 Å². The third-order valence-corrected chi connectivity index (χ3v) is 3.02. The van der Waals surface area contributed by atoms with Gasteiger partial charge in [-0.15, -0.1) is 0 Å². The van der Waals surface area contributed by atoms with Crippen LogP contribution in [0.15, 0.2) is 60.7 Å². The highest BCUT2D eigenvalue weighted by Gasteiger charge is 2.15. The quantitative estimate of drug-likeness (QED) is 0.795. The molecule has 114 valence electrons. The minimum absolute atomic E-state index is 0.0944. The molecule has 0 saturated heterocycles. The Hall–Kier alpha value is -2.66. The average Bonchev–Trinajstić information content (AvgIpc) is 2.59. The van der Waals surface area contributed by atoms with E-state index in [1.807, 2.05) is 6.07 Å². The molecule has 0 radical (unpaired) electrons. The SMILES string of the molecule is O=C(N[C@H](CO)COC(=O)c1ccccc1)c1ccccc1. The molecule has 22 heavy (non-hydrogen) atoms. The molecule has 0 unspecified atom stereocenters. The fraction of sp³-hybridized carbons (Fsp3) is 0.176. The Kier molecular flexibility index (Phi) is 5.68. The van der Waals surface area contributed by atoms with Gasteiger partial charge in [0.05, 0.1) is 18.2 Å². The van der Waals surface area contributed by atoms with Crippen LogP contribution >= 0.6 is 0 Å². The topological polar surface area (TPSA) is 75.6 Å². The number of esters is 1. The van der Waals surface area contributed by atoms with Gasteiger partial charge in [0.15, 0.2) is 0 Å². The number of ether oxygens (including phenoxy) is 1. The van der Waals surface area contributed by atoms with Crippen molar-refractivity contribution in [3.05, 3.63) is 71.8 Å². The minimum atomic E-state index is -0.652. The number of aliphatic hydroxyl groups excluding tert-OH is 1. The van der Waals surface area contributed by atoms with Crippen LogP contribution in [0.3, 0.4) is 0 Å². The van der Waals surface area contributed by atoms with Crippen LogP contribution in [-0.2, 0) is 4.74 Å². The Morgan fingerprint density at radius 2 is 1.50 bits per heavy atom. The van der Waals surface area contributed by atoms with Crippen molar-refractivity contribution in [2.45, 2.75) is 6.04 Å². The van der Waals surface area contributed by atoms with Gasteiger partial charge in [0.1, 0.15) is 6.61 Å². The Morgan fingerprint density at radius 3 is 2.05 bits per heavy atom. The Morgan fingerprint density at radius 1 is 0.955 bits per heavy atom. The van der Waals surface area contributed by atoms with Gasteiger partial charge >= 0.3 is 5.97 Å². The lowest BCUT2D eigenvalue weighted by molar-refractivity contribution is 0.0419. The maximum absolute atomic E-state index is 12.0. The minimum Gasteiger partial charge on any atom is -0.460 e. The van der Waals surface area contributed by atoms with Crippen molar-refractivity contribution in [3.63, 3.8) is 0 Å². The lowest BCUT2D eigenvalue weighted by Gasteiger charge is -2.16. The summed E-state index contributed by atoms with van der Waals surface area (Å²) >= 11 is 0. The summed E-state index contributed by atoms with van der Waals surface area (Å²) in [6.07, 6.45) is 0. The molecule has 0 aliphatic heterocycles. The summed E-state index contributed by atoms with van der Waals surface area (Å²) in [4.78, 5) is 23.8. The van der Waals surface area contributed by atoms with Crippen molar-refractivity contribution in [3.8, 4) is 0 Å². The van der Waals surface area contributed by atoms with E-state index in [0.29, 0.717) is 11.1 Å². The predicted octanol–water partition coefficient (Wildman–Crippen LogP) is 1.63. The predicted molar refractivity (Wildman–Crippen MR) is 81.5 cm³/mol. The highest BCUT2D eigenvalue weighted by molar-refractivity contribution is 5.94. The number of carbonyl (C=O) groups excluding carboxylic acids is 2. The van der Waals surface area contributed by atoms with E-state index in [0.717, 1.165) is 0 Å². The molecule has 5 nitrogen and oxygen atoms in total. The van der Waals surface area contributed by atoms with Gasteiger partial charge in [0.2, 0.25) is 0 Å². The highest BCUT2D eigenvalue weighted by Crippen LogP contribution is 2.03. The molecule has 0 heterocycles. The highest BCUT2D eigenvalue weighted by atomic mass is 16.5. The fourth-order valence-corrected chi connectivity index (χ4v) is 1.83. The molecule has 0 bridgehead atoms. The van der Waals surface area contributed by atoms with Gasteiger partial charge < -0.3 is 15.2 Å². The van der Waals surface area contributed by atoms with Crippen LogP contribution in [0.5, 0.6) is 0 Å². The van der Waals surface area contributed by atoms with Gasteiger partial charge in [-0.3, -0.25) is 4.79 Å². The second-order valence-electron chi connectivity index (χ2n) is 4.68. The molecule has 2 rings (SSSR count). The molecule has 5 heteroatoms. The zero-order valence-corrected chi connectivity index (χ0v) is 11.9. The first kappa shape index (κ1) is 15.7. The Labute approximate surface area is 128 Å². The zero-order chi connectivity index (χ0) is 15.8. The number of benzene rings is 2. The van der Waals surface area contributed by atoms with E-state index in [1.165, 1.54) is 0 Å². The number of carbonyl (C=O) groups is 2. The largest absolute Gasteiger partial charge is 0.460 e. The summed E-state index contributed by atoms with van der Waals surface area (Å²) in [6.45, 7) is -0.413. The second-order valence-corrected chi connectivity index (χ2v) is 4.68. The maximum Gasteiger partial charge on any atom is 0.338 e. The van der Waals surface area contributed by atoms with Crippen LogP contribution in [0.2, 0.25) is 0 Å². The number of nitrogens with one attached hydrogen (secondary N) is 1. The van der Waals surface area contributed by atoms with Crippen LogP contribution < -0.4 is 5.32 Å². The van der Waals surface area contributed by atoms with Gasteiger partial charge in [0.25, 0.3) is 5.91 Å². The smallest absolute Gasteiger partial charge is 0.338 e. The van der Waals surface area contributed by atoms with E-state index < -0.39 is 12.0 Å². The van der Waals surface area contributed by atoms with Gasteiger partial charge in [0, 0.05) is 5.56 Å². The van der Waals surface area contributed by atoms with Gasteiger partial charge in [-0.05, 0) is 24.3 Å². The molecule has 0 fully saturated rings. The first-order chi connectivity index (χ1) is 10.7. The van der Waals surface area contributed by atoms with Gasteiger partial charge in [-0.2, -0.15) is 0 Å². The lowest BCUT2D eigenvalue weighted by Crippen LogP contribution is -2.41. The number of amides is 1. The lowest BCUT2D eigenvalue weighted by atomic mass is 10.2. The van der Waals surface area contributed by atoms with E-state index in [2.05, 4.69) is 5.32 Å². The van der Waals surface area contributed by atoms with Crippen molar-refractivity contribution in [1.82, 2.24) is 5.32 Å². The van der Waals surface area contributed by atoms with Crippen molar-refractivity contribution in [2.24, 2.45) is 0 Å². The molecule has 1 amide bonds. The van der Waals surface area contributed by atoms with Crippen molar-refractivity contribution >= 4 is 11.9 Å². The molecule has 0 aliphatic rings. The summed E-state index contributed by atoms with van der Waals surface area (Å²) in [5.41, 5.74) is 0.906. The van der Waals surface area contributed by atoms with E-state index in [1.54, 1.807) is 54.6 Å². The van der Waals surface area contributed by atoms with E-state index in [9.17, 15) is 14.7 Å². The fourth-order valence-electron chi connectivity index (χ4n) is 1.83. The molecular formula is C17H17NO4. The van der Waals surface area contributed by atoms with Crippen LogP contribution in [0.4, 0.5) is 0 Å². The van der Waals surface area contributed by atoms with E-state index in [4.69, 9.17) is 4.74 Å². The molecule has 2 aromatic carbocycles. The summed E-state index contributed by atoms with van der Waals surface area (Å²) in [6, 6.07) is 16.5. The number of aliphatic hydroxyl groups is 1. The molecule has 2 aromatic rings. The normalized spacial score (nSPS) is 11.5. The number of rotatable bonds is 6. The molecule has 0 aromatic heterocycles. The monoisotopic (exact) mass is 299 g/mol. The number of hydrogen-bond donors (Lipinski definition) is 2. The second kappa shape index (κ2) is 7.95. The molecule has 2 N–H and O–H groups in total. The molecule has 0 aliphatic carbocycles. The maximum atomic E-state index is 12.0. The third kappa shape index (κ3) is 4.43. The summed E-state index contributed by atoms with van der Waals surface area (Å²) in [5, 5.41) is 11.9. The average molecular weight is 299 g/mol. The first-order valence-corrected chi connectivity index (χ1v) is 6.89. The van der Waals surface area contributed by atoms with E-state index >= 15 is 0 Å². The number of hydrogen-bond acceptors (Lipinski definition) is 4. The van der Waals surface area contributed by atoms with Crippen molar-refractivity contribution in [1.29, 1.82) is 0 Å². The zero-order valence-electron chi connectivity index (χ0n) is 11.9.